The quantitative estimate of drug-likeness (QED) is 0.746. The molecule has 0 radical (unpaired) electrons. The highest BCUT2D eigenvalue weighted by atomic mass is 16.5. The van der Waals surface area contributed by atoms with Crippen molar-refractivity contribution in [1.29, 1.82) is 0 Å². The maximum Gasteiger partial charge on any atom is 0.323 e. The minimum absolute atomic E-state index is 0.155. The summed E-state index contributed by atoms with van der Waals surface area (Å²) in [6.07, 6.45) is 4.15. The van der Waals surface area contributed by atoms with Crippen LogP contribution in [0.3, 0.4) is 0 Å². The molecule has 0 aromatic carbocycles. The van der Waals surface area contributed by atoms with E-state index >= 15 is 0 Å². The van der Waals surface area contributed by atoms with E-state index < -0.39 is 0 Å². The summed E-state index contributed by atoms with van der Waals surface area (Å²) in [5, 5.41) is 3.98. The summed E-state index contributed by atoms with van der Waals surface area (Å²) in [6.45, 7) is 1.45. The predicted molar refractivity (Wildman–Crippen MR) is 61.7 cm³/mol. The van der Waals surface area contributed by atoms with E-state index in [1.807, 2.05) is 0 Å². The first kappa shape index (κ1) is 11.6. The number of nitrogens with zero attached hydrogens (tertiary/aromatic N) is 3. The van der Waals surface area contributed by atoms with Gasteiger partial charge in [-0.3, -0.25) is 9.69 Å². The van der Waals surface area contributed by atoms with Crippen LogP contribution >= 0.6 is 0 Å². The van der Waals surface area contributed by atoms with Crippen molar-refractivity contribution in [3.63, 3.8) is 0 Å². The zero-order chi connectivity index (χ0) is 12.5. The van der Waals surface area contributed by atoms with E-state index in [-0.39, 0.29) is 12.0 Å². The van der Waals surface area contributed by atoms with Crippen LogP contribution < -0.4 is 0 Å². The summed E-state index contributed by atoms with van der Waals surface area (Å²) in [5.41, 5.74) is 0. The molecule has 18 heavy (non-hydrogen) atoms. The van der Waals surface area contributed by atoms with E-state index in [2.05, 4.69) is 15.0 Å². The standard InChI is InChI=1S/C12H17N3O3/c1-17-12(16)9-3-2-6-15(9)7-10-13-11(18-14-10)8-4-5-8/h8-9H,2-7H2,1H3. The average Bonchev–Trinajstić information content (AvgIpc) is 2.96. The van der Waals surface area contributed by atoms with Gasteiger partial charge in [-0.15, -0.1) is 0 Å². The third-order valence-electron chi connectivity index (χ3n) is 3.59. The molecule has 2 heterocycles. The number of ether oxygens (including phenoxy) is 1. The lowest BCUT2D eigenvalue weighted by Gasteiger charge is -2.20. The van der Waals surface area contributed by atoms with Crippen molar-refractivity contribution in [3.05, 3.63) is 11.7 Å². The van der Waals surface area contributed by atoms with E-state index in [0.717, 1.165) is 38.1 Å². The number of hydrogen-bond acceptors (Lipinski definition) is 6. The Kier molecular flexibility index (Phi) is 3.03. The summed E-state index contributed by atoms with van der Waals surface area (Å²) in [5.74, 6) is 1.73. The molecule has 1 aromatic rings. The van der Waals surface area contributed by atoms with Crippen molar-refractivity contribution in [2.75, 3.05) is 13.7 Å². The Hall–Kier alpha value is -1.43. The molecule has 0 N–H and O–H groups in total. The van der Waals surface area contributed by atoms with Gasteiger partial charge in [0.15, 0.2) is 5.82 Å². The third kappa shape index (κ3) is 2.25. The van der Waals surface area contributed by atoms with Crippen LogP contribution in [0.25, 0.3) is 0 Å². The number of carbonyl (C=O) groups excluding carboxylic acids is 1. The third-order valence-corrected chi connectivity index (χ3v) is 3.59. The smallest absolute Gasteiger partial charge is 0.323 e. The molecular weight excluding hydrogens is 234 g/mol. The Morgan fingerprint density at radius 1 is 1.50 bits per heavy atom. The molecule has 0 spiro atoms. The molecule has 1 saturated heterocycles. The second-order valence-electron chi connectivity index (χ2n) is 4.97. The first-order chi connectivity index (χ1) is 8.78. The van der Waals surface area contributed by atoms with Crippen LogP contribution in [0, 0.1) is 0 Å². The number of methoxy groups -OCH3 is 1. The summed E-state index contributed by atoms with van der Waals surface area (Å²) in [4.78, 5) is 18.1. The van der Waals surface area contributed by atoms with Crippen molar-refractivity contribution in [1.82, 2.24) is 15.0 Å². The van der Waals surface area contributed by atoms with Crippen LogP contribution in [0.1, 0.15) is 43.3 Å². The molecule has 98 valence electrons. The zero-order valence-electron chi connectivity index (χ0n) is 10.5. The number of carbonyl (C=O) groups is 1. The molecule has 6 nitrogen and oxygen atoms in total. The number of rotatable bonds is 4. The van der Waals surface area contributed by atoms with Gasteiger partial charge in [0.2, 0.25) is 5.89 Å². The zero-order valence-corrected chi connectivity index (χ0v) is 10.5. The molecule has 1 aliphatic heterocycles. The molecule has 0 amide bonds. The Morgan fingerprint density at radius 2 is 2.33 bits per heavy atom. The van der Waals surface area contributed by atoms with E-state index in [0.29, 0.717) is 18.3 Å². The predicted octanol–water partition coefficient (Wildman–Crippen LogP) is 1.08. The normalized spacial score (nSPS) is 24.4. The lowest BCUT2D eigenvalue weighted by molar-refractivity contribution is -0.146. The van der Waals surface area contributed by atoms with Gasteiger partial charge in [0.25, 0.3) is 0 Å². The van der Waals surface area contributed by atoms with Crippen molar-refractivity contribution in [2.24, 2.45) is 0 Å². The Morgan fingerprint density at radius 3 is 3.06 bits per heavy atom. The Balaban J connectivity index is 1.65. The maximum absolute atomic E-state index is 11.6. The Labute approximate surface area is 105 Å². The van der Waals surface area contributed by atoms with Crippen LogP contribution in [0.2, 0.25) is 0 Å². The summed E-state index contributed by atoms with van der Waals surface area (Å²) >= 11 is 0. The fourth-order valence-electron chi connectivity index (χ4n) is 2.43. The van der Waals surface area contributed by atoms with Crippen LogP contribution in [0.4, 0.5) is 0 Å². The van der Waals surface area contributed by atoms with Gasteiger partial charge in [-0.25, -0.2) is 0 Å². The van der Waals surface area contributed by atoms with Gasteiger partial charge in [-0.2, -0.15) is 4.98 Å². The highest BCUT2D eigenvalue weighted by Gasteiger charge is 2.33. The fourth-order valence-corrected chi connectivity index (χ4v) is 2.43. The minimum Gasteiger partial charge on any atom is -0.468 e. The monoisotopic (exact) mass is 251 g/mol. The number of hydrogen-bond donors (Lipinski definition) is 0. The van der Waals surface area contributed by atoms with Crippen LogP contribution in [0.5, 0.6) is 0 Å². The van der Waals surface area contributed by atoms with Gasteiger partial charge < -0.3 is 9.26 Å². The molecular formula is C12H17N3O3. The molecule has 1 unspecified atom stereocenters. The maximum atomic E-state index is 11.6. The summed E-state index contributed by atoms with van der Waals surface area (Å²) in [6, 6.07) is -0.155. The second-order valence-corrected chi connectivity index (χ2v) is 4.97. The molecule has 1 saturated carbocycles. The SMILES string of the molecule is COC(=O)C1CCCN1Cc1noc(C2CC2)n1. The number of esters is 1. The molecule has 0 bridgehead atoms. The first-order valence-electron chi connectivity index (χ1n) is 6.42. The van der Waals surface area contributed by atoms with Crippen LogP contribution in [0.15, 0.2) is 4.52 Å². The number of likely N-dealkylation sites (tertiary alicyclic amines) is 1. The van der Waals surface area contributed by atoms with E-state index in [4.69, 9.17) is 9.26 Å². The average molecular weight is 251 g/mol. The summed E-state index contributed by atoms with van der Waals surface area (Å²) in [7, 11) is 1.43. The molecule has 2 aliphatic rings. The lowest BCUT2D eigenvalue weighted by Crippen LogP contribution is -2.36. The van der Waals surface area contributed by atoms with Gasteiger partial charge in [0, 0.05) is 5.92 Å². The van der Waals surface area contributed by atoms with Crippen molar-refractivity contribution < 1.29 is 14.1 Å². The van der Waals surface area contributed by atoms with Gasteiger partial charge in [-0.05, 0) is 32.2 Å². The Bertz CT molecular complexity index is 442. The van der Waals surface area contributed by atoms with Crippen molar-refractivity contribution in [3.8, 4) is 0 Å². The fraction of sp³-hybridized carbons (Fsp3) is 0.750. The molecule has 1 aromatic heterocycles. The second kappa shape index (κ2) is 4.68. The molecule has 3 rings (SSSR count). The van der Waals surface area contributed by atoms with Crippen LogP contribution in [-0.4, -0.2) is 40.7 Å². The number of aromatic nitrogens is 2. The van der Waals surface area contributed by atoms with Gasteiger partial charge >= 0.3 is 5.97 Å². The van der Waals surface area contributed by atoms with Crippen LogP contribution in [-0.2, 0) is 16.1 Å². The molecule has 1 atom stereocenters. The molecule has 2 fully saturated rings. The molecule has 1 aliphatic carbocycles. The van der Waals surface area contributed by atoms with E-state index in [1.165, 1.54) is 7.11 Å². The summed E-state index contributed by atoms with van der Waals surface area (Å²) < 4.78 is 10.0. The topological polar surface area (TPSA) is 68.5 Å². The molecule has 6 heteroatoms. The first-order valence-corrected chi connectivity index (χ1v) is 6.42. The van der Waals surface area contributed by atoms with Gasteiger partial charge in [-0.1, -0.05) is 5.16 Å². The minimum atomic E-state index is -0.168. The highest BCUT2D eigenvalue weighted by Crippen LogP contribution is 2.38. The lowest BCUT2D eigenvalue weighted by atomic mass is 10.2. The van der Waals surface area contributed by atoms with Gasteiger partial charge in [0.05, 0.1) is 13.7 Å². The largest absolute Gasteiger partial charge is 0.468 e. The highest BCUT2D eigenvalue weighted by molar-refractivity contribution is 5.75. The van der Waals surface area contributed by atoms with Crippen molar-refractivity contribution in [2.45, 2.75) is 44.2 Å². The van der Waals surface area contributed by atoms with E-state index in [9.17, 15) is 4.79 Å². The van der Waals surface area contributed by atoms with Crippen molar-refractivity contribution >= 4 is 5.97 Å². The van der Waals surface area contributed by atoms with E-state index in [1.54, 1.807) is 0 Å². The van der Waals surface area contributed by atoms with Gasteiger partial charge in [0.1, 0.15) is 6.04 Å².